The molecule has 0 saturated heterocycles. The van der Waals surface area contributed by atoms with E-state index in [1.807, 2.05) is 6.07 Å². The van der Waals surface area contributed by atoms with Gasteiger partial charge in [0.25, 0.3) is 0 Å². The van der Waals surface area contributed by atoms with Crippen LogP contribution in [0.1, 0.15) is 13.8 Å². The maximum atomic E-state index is 5.51. The van der Waals surface area contributed by atoms with Gasteiger partial charge in [0.15, 0.2) is 0 Å². The molecule has 0 bridgehead atoms. The lowest BCUT2D eigenvalue weighted by molar-refractivity contribution is 0.210. The number of nitrogens with one attached hydrogen (secondary N) is 1. The van der Waals surface area contributed by atoms with E-state index >= 15 is 0 Å². The lowest BCUT2D eigenvalue weighted by Crippen LogP contribution is -2.44. The highest BCUT2D eigenvalue weighted by Gasteiger charge is 2.19. The Kier molecular flexibility index (Phi) is 3.52. The van der Waals surface area contributed by atoms with Crippen molar-refractivity contribution in [1.82, 2.24) is 9.88 Å². The van der Waals surface area contributed by atoms with E-state index in [9.17, 15) is 0 Å². The molecule has 15 heavy (non-hydrogen) atoms. The summed E-state index contributed by atoms with van der Waals surface area (Å²) in [6.07, 6.45) is 1.75. The third-order valence-electron chi connectivity index (χ3n) is 2.72. The molecule has 1 rings (SSSR count). The van der Waals surface area contributed by atoms with Crippen molar-refractivity contribution < 1.29 is 0 Å². The van der Waals surface area contributed by atoms with E-state index in [4.69, 9.17) is 5.73 Å². The molecule has 4 nitrogen and oxygen atoms in total. The summed E-state index contributed by atoms with van der Waals surface area (Å²) in [6, 6.07) is 3.74. The predicted octanol–water partition coefficient (Wildman–Crippen LogP) is 1.42. The molecule has 0 fully saturated rings. The number of likely N-dealkylation sites (N-methyl/N-ethyl adjacent to an activating group) is 1. The van der Waals surface area contributed by atoms with Crippen LogP contribution in [-0.2, 0) is 0 Å². The zero-order valence-electron chi connectivity index (χ0n) is 9.91. The van der Waals surface area contributed by atoms with Gasteiger partial charge < -0.3 is 16.0 Å². The maximum Gasteiger partial charge on any atom is 0.123 e. The summed E-state index contributed by atoms with van der Waals surface area (Å²) in [4.78, 5) is 6.21. The van der Waals surface area contributed by atoms with Crippen LogP contribution in [-0.4, -0.2) is 36.1 Å². The van der Waals surface area contributed by atoms with Crippen LogP contribution in [0.15, 0.2) is 18.3 Å². The fraction of sp³-hybridized carbons (Fsp3) is 0.545. The van der Waals surface area contributed by atoms with Gasteiger partial charge in [0.05, 0.1) is 11.9 Å². The van der Waals surface area contributed by atoms with Crippen molar-refractivity contribution in [3.8, 4) is 0 Å². The van der Waals surface area contributed by atoms with Gasteiger partial charge in [-0.05, 0) is 40.1 Å². The van der Waals surface area contributed by atoms with Crippen LogP contribution < -0.4 is 11.1 Å². The van der Waals surface area contributed by atoms with Crippen LogP contribution in [0, 0.1) is 0 Å². The van der Waals surface area contributed by atoms with Gasteiger partial charge >= 0.3 is 0 Å². The maximum absolute atomic E-state index is 5.51. The lowest BCUT2D eigenvalue weighted by atomic mass is 10.0. The molecule has 0 aliphatic heterocycles. The van der Waals surface area contributed by atoms with E-state index in [0.29, 0.717) is 5.82 Å². The number of pyridine rings is 1. The van der Waals surface area contributed by atoms with Crippen LogP contribution in [0.25, 0.3) is 0 Å². The largest absolute Gasteiger partial charge is 0.384 e. The summed E-state index contributed by atoms with van der Waals surface area (Å²) < 4.78 is 0. The van der Waals surface area contributed by atoms with Crippen molar-refractivity contribution in [3.05, 3.63) is 18.3 Å². The smallest absolute Gasteiger partial charge is 0.123 e. The molecule has 0 saturated carbocycles. The van der Waals surface area contributed by atoms with Crippen LogP contribution in [0.4, 0.5) is 11.5 Å². The average Bonchev–Trinajstić information content (AvgIpc) is 2.17. The Morgan fingerprint density at radius 3 is 2.53 bits per heavy atom. The number of anilines is 2. The Bertz CT molecular complexity index is 303. The van der Waals surface area contributed by atoms with Gasteiger partial charge in [0, 0.05) is 12.1 Å². The highest BCUT2D eigenvalue weighted by Crippen LogP contribution is 2.13. The first kappa shape index (κ1) is 11.8. The Morgan fingerprint density at radius 1 is 1.40 bits per heavy atom. The van der Waals surface area contributed by atoms with Crippen LogP contribution in [0.5, 0.6) is 0 Å². The Balaban J connectivity index is 2.54. The Morgan fingerprint density at radius 2 is 2.07 bits per heavy atom. The average molecular weight is 208 g/mol. The van der Waals surface area contributed by atoms with Gasteiger partial charge in [-0.15, -0.1) is 0 Å². The van der Waals surface area contributed by atoms with Crippen molar-refractivity contribution in [2.75, 3.05) is 31.7 Å². The molecule has 0 amide bonds. The molecule has 0 atom stereocenters. The van der Waals surface area contributed by atoms with Gasteiger partial charge in [-0.25, -0.2) is 4.98 Å². The zero-order chi connectivity index (χ0) is 11.5. The van der Waals surface area contributed by atoms with Crippen molar-refractivity contribution in [3.63, 3.8) is 0 Å². The Hall–Kier alpha value is -1.29. The summed E-state index contributed by atoms with van der Waals surface area (Å²) in [5, 5.41) is 3.33. The van der Waals surface area contributed by atoms with Gasteiger partial charge in [0.1, 0.15) is 5.82 Å². The number of hydrogen-bond donors (Lipinski definition) is 2. The molecule has 0 aliphatic carbocycles. The van der Waals surface area contributed by atoms with Gasteiger partial charge in [-0.3, -0.25) is 0 Å². The van der Waals surface area contributed by atoms with Crippen molar-refractivity contribution in [2.24, 2.45) is 0 Å². The zero-order valence-corrected chi connectivity index (χ0v) is 9.91. The first-order valence-electron chi connectivity index (χ1n) is 5.04. The minimum atomic E-state index is 0.112. The number of aromatic nitrogens is 1. The SMILES string of the molecule is CN(C)C(C)(C)CNc1ccc(N)nc1. The first-order chi connectivity index (χ1) is 6.92. The van der Waals surface area contributed by atoms with Gasteiger partial charge in [0.2, 0.25) is 0 Å². The second-order valence-corrected chi connectivity index (χ2v) is 4.53. The van der Waals surface area contributed by atoms with Crippen LogP contribution in [0.2, 0.25) is 0 Å². The summed E-state index contributed by atoms with van der Waals surface area (Å²) in [5.41, 5.74) is 6.62. The minimum Gasteiger partial charge on any atom is -0.384 e. The summed E-state index contributed by atoms with van der Waals surface area (Å²) >= 11 is 0. The molecule has 1 aromatic heterocycles. The molecule has 1 heterocycles. The number of nitrogen functional groups attached to an aromatic ring is 1. The second-order valence-electron chi connectivity index (χ2n) is 4.53. The summed E-state index contributed by atoms with van der Waals surface area (Å²) in [5.74, 6) is 0.549. The standard InChI is InChI=1S/C11H20N4/c1-11(2,15(3)4)8-14-9-5-6-10(12)13-7-9/h5-7,14H,8H2,1-4H3,(H2,12,13). The van der Waals surface area contributed by atoms with Crippen molar-refractivity contribution in [1.29, 1.82) is 0 Å². The Labute approximate surface area is 91.5 Å². The van der Waals surface area contributed by atoms with Gasteiger partial charge in [-0.2, -0.15) is 0 Å². The normalized spacial score (nSPS) is 11.8. The molecular weight excluding hydrogens is 188 g/mol. The lowest BCUT2D eigenvalue weighted by Gasteiger charge is -2.32. The quantitative estimate of drug-likeness (QED) is 0.785. The van der Waals surface area contributed by atoms with E-state index in [1.165, 1.54) is 0 Å². The topological polar surface area (TPSA) is 54.2 Å². The molecule has 1 aromatic rings. The fourth-order valence-corrected chi connectivity index (χ4v) is 0.986. The highest BCUT2D eigenvalue weighted by molar-refractivity contribution is 5.45. The first-order valence-corrected chi connectivity index (χ1v) is 5.04. The fourth-order valence-electron chi connectivity index (χ4n) is 0.986. The number of hydrogen-bond acceptors (Lipinski definition) is 4. The molecule has 0 radical (unpaired) electrons. The molecular formula is C11H20N4. The second kappa shape index (κ2) is 4.49. The molecule has 0 aliphatic rings. The van der Waals surface area contributed by atoms with Crippen molar-refractivity contribution in [2.45, 2.75) is 19.4 Å². The van der Waals surface area contributed by atoms with E-state index in [-0.39, 0.29) is 5.54 Å². The monoisotopic (exact) mass is 208 g/mol. The molecule has 84 valence electrons. The minimum absolute atomic E-state index is 0.112. The molecule has 4 heteroatoms. The van der Waals surface area contributed by atoms with Crippen molar-refractivity contribution >= 4 is 11.5 Å². The van der Waals surface area contributed by atoms with Crippen LogP contribution in [0.3, 0.4) is 0 Å². The number of rotatable bonds is 4. The number of nitrogens with two attached hydrogens (primary N) is 1. The van der Waals surface area contributed by atoms with Gasteiger partial charge in [-0.1, -0.05) is 0 Å². The summed E-state index contributed by atoms with van der Waals surface area (Å²) in [6.45, 7) is 5.24. The molecule has 0 spiro atoms. The van der Waals surface area contributed by atoms with E-state index in [0.717, 1.165) is 12.2 Å². The molecule has 3 N–H and O–H groups in total. The van der Waals surface area contributed by atoms with E-state index in [1.54, 1.807) is 12.3 Å². The molecule has 0 unspecified atom stereocenters. The number of nitrogens with zero attached hydrogens (tertiary/aromatic N) is 2. The highest BCUT2D eigenvalue weighted by atomic mass is 15.2. The van der Waals surface area contributed by atoms with E-state index < -0.39 is 0 Å². The molecule has 0 aromatic carbocycles. The van der Waals surface area contributed by atoms with E-state index in [2.05, 4.69) is 43.1 Å². The third kappa shape index (κ3) is 3.40. The predicted molar refractivity (Wildman–Crippen MR) is 64.9 cm³/mol. The third-order valence-corrected chi connectivity index (χ3v) is 2.72. The van der Waals surface area contributed by atoms with Crippen LogP contribution >= 0.6 is 0 Å². The summed E-state index contributed by atoms with van der Waals surface area (Å²) in [7, 11) is 4.14.